The number of para-hydroxylation sites is 2. The number of hydrogen-bond acceptors (Lipinski definition) is 3. The molecule has 3 aromatic rings. The van der Waals surface area contributed by atoms with Gasteiger partial charge in [0, 0.05) is 35.8 Å². The van der Waals surface area contributed by atoms with Gasteiger partial charge in [-0.3, -0.25) is 14.4 Å². The number of carbonyl (C=O) groups is 3. The number of benzene rings is 2. The van der Waals surface area contributed by atoms with Gasteiger partial charge in [0.1, 0.15) is 0 Å². The van der Waals surface area contributed by atoms with E-state index in [-0.39, 0.29) is 18.4 Å². The summed E-state index contributed by atoms with van der Waals surface area (Å²) < 4.78 is 0. The molecule has 1 aliphatic heterocycles. The zero-order valence-electron chi connectivity index (χ0n) is 13.9. The van der Waals surface area contributed by atoms with Gasteiger partial charge in [0.25, 0.3) is 11.7 Å². The Labute approximate surface area is 149 Å². The first-order chi connectivity index (χ1) is 12.6. The van der Waals surface area contributed by atoms with Crippen molar-refractivity contribution < 1.29 is 14.4 Å². The molecule has 2 amide bonds. The SMILES string of the molecule is O=C(N[C@@H]1CC(=O)N(c2ccccc2)C1)C(=O)c1c[nH]c2ccccc12. The number of aromatic nitrogens is 1. The molecule has 130 valence electrons. The van der Waals surface area contributed by atoms with E-state index in [2.05, 4.69) is 10.3 Å². The van der Waals surface area contributed by atoms with E-state index in [0.29, 0.717) is 17.5 Å². The quantitative estimate of drug-likeness (QED) is 0.561. The predicted molar refractivity (Wildman–Crippen MR) is 98.0 cm³/mol. The third kappa shape index (κ3) is 2.86. The van der Waals surface area contributed by atoms with Gasteiger partial charge in [0.15, 0.2) is 0 Å². The fourth-order valence-corrected chi connectivity index (χ4v) is 3.29. The van der Waals surface area contributed by atoms with Gasteiger partial charge in [-0.15, -0.1) is 0 Å². The summed E-state index contributed by atoms with van der Waals surface area (Å²) in [4.78, 5) is 41.7. The number of amides is 2. The Morgan fingerprint density at radius 3 is 2.58 bits per heavy atom. The minimum atomic E-state index is -0.692. The van der Waals surface area contributed by atoms with Crippen LogP contribution in [0.15, 0.2) is 60.8 Å². The number of nitrogens with one attached hydrogen (secondary N) is 2. The summed E-state index contributed by atoms with van der Waals surface area (Å²) in [6.07, 6.45) is 1.73. The van der Waals surface area contributed by atoms with Gasteiger partial charge in [0.2, 0.25) is 5.91 Å². The van der Waals surface area contributed by atoms with Gasteiger partial charge in [-0.2, -0.15) is 0 Å². The molecule has 0 radical (unpaired) electrons. The summed E-state index contributed by atoms with van der Waals surface area (Å²) in [6.45, 7) is 0.357. The second kappa shape index (κ2) is 6.48. The van der Waals surface area contributed by atoms with Gasteiger partial charge < -0.3 is 15.2 Å². The highest BCUT2D eigenvalue weighted by Crippen LogP contribution is 2.22. The van der Waals surface area contributed by atoms with Crippen LogP contribution in [0.4, 0.5) is 5.69 Å². The molecule has 1 atom stereocenters. The molecule has 6 nitrogen and oxygen atoms in total. The zero-order chi connectivity index (χ0) is 18.1. The van der Waals surface area contributed by atoms with Crippen LogP contribution in [-0.2, 0) is 9.59 Å². The number of ketones is 1. The Balaban J connectivity index is 1.47. The Bertz CT molecular complexity index is 994. The highest BCUT2D eigenvalue weighted by Gasteiger charge is 2.33. The second-order valence-electron chi connectivity index (χ2n) is 6.29. The van der Waals surface area contributed by atoms with Crippen LogP contribution in [0.2, 0.25) is 0 Å². The maximum absolute atomic E-state index is 12.5. The summed E-state index contributed by atoms with van der Waals surface area (Å²) in [5.41, 5.74) is 1.93. The normalized spacial score (nSPS) is 16.8. The van der Waals surface area contributed by atoms with E-state index in [1.165, 1.54) is 0 Å². The second-order valence-corrected chi connectivity index (χ2v) is 6.29. The Morgan fingerprint density at radius 2 is 1.77 bits per heavy atom. The molecule has 1 fully saturated rings. The van der Waals surface area contributed by atoms with Crippen molar-refractivity contribution in [3.8, 4) is 0 Å². The summed E-state index contributed by atoms with van der Waals surface area (Å²) >= 11 is 0. The lowest BCUT2D eigenvalue weighted by atomic mass is 10.1. The molecule has 0 aliphatic carbocycles. The smallest absolute Gasteiger partial charge is 0.292 e. The molecule has 0 bridgehead atoms. The number of aromatic amines is 1. The standard InChI is InChI=1S/C20H17N3O3/c24-18-10-13(12-23(18)14-6-2-1-3-7-14)22-20(26)19(25)16-11-21-17-9-5-4-8-15(16)17/h1-9,11,13,21H,10,12H2,(H,22,26)/t13-/m1/s1. The van der Waals surface area contributed by atoms with E-state index in [1.54, 1.807) is 17.2 Å². The first kappa shape index (κ1) is 16.1. The summed E-state index contributed by atoms with van der Waals surface area (Å²) in [7, 11) is 0. The van der Waals surface area contributed by atoms with Crippen molar-refractivity contribution in [1.29, 1.82) is 0 Å². The first-order valence-corrected chi connectivity index (χ1v) is 8.40. The van der Waals surface area contributed by atoms with E-state index >= 15 is 0 Å². The number of carbonyl (C=O) groups excluding carboxylic acids is 3. The Morgan fingerprint density at radius 1 is 1.04 bits per heavy atom. The third-order valence-electron chi connectivity index (χ3n) is 4.57. The van der Waals surface area contributed by atoms with Crippen molar-refractivity contribution in [2.24, 2.45) is 0 Å². The van der Waals surface area contributed by atoms with Crippen molar-refractivity contribution >= 4 is 34.2 Å². The minimum Gasteiger partial charge on any atom is -0.360 e. The monoisotopic (exact) mass is 347 g/mol. The number of Topliss-reactive ketones (excluding diaryl/α,β-unsaturated/α-hetero) is 1. The number of fused-ring (bicyclic) bond motifs is 1. The van der Waals surface area contributed by atoms with Gasteiger partial charge in [-0.25, -0.2) is 0 Å². The van der Waals surface area contributed by atoms with Crippen molar-refractivity contribution in [2.75, 3.05) is 11.4 Å². The molecule has 0 spiro atoms. The highest BCUT2D eigenvalue weighted by molar-refractivity contribution is 6.45. The number of anilines is 1. The number of H-pyrrole nitrogens is 1. The van der Waals surface area contributed by atoms with Crippen molar-refractivity contribution in [2.45, 2.75) is 12.5 Å². The van der Waals surface area contributed by atoms with Crippen LogP contribution in [0, 0.1) is 0 Å². The van der Waals surface area contributed by atoms with Crippen molar-refractivity contribution in [3.05, 3.63) is 66.4 Å². The van der Waals surface area contributed by atoms with Gasteiger partial charge in [-0.05, 0) is 18.2 Å². The molecular weight excluding hydrogens is 330 g/mol. The Kier molecular flexibility index (Phi) is 4.01. The molecule has 6 heteroatoms. The lowest BCUT2D eigenvalue weighted by Gasteiger charge is -2.16. The highest BCUT2D eigenvalue weighted by atomic mass is 16.2. The van der Waals surface area contributed by atoms with E-state index in [4.69, 9.17) is 0 Å². The topological polar surface area (TPSA) is 82.3 Å². The first-order valence-electron chi connectivity index (χ1n) is 8.40. The minimum absolute atomic E-state index is 0.0685. The maximum Gasteiger partial charge on any atom is 0.292 e. The number of rotatable bonds is 4. The average molecular weight is 347 g/mol. The molecular formula is C20H17N3O3. The van der Waals surface area contributed by atoms with Crippen LogP contribution in [0.1, 0.15) is 16.8 Å². The Hall–Kier alpha value is -3.41. The van der Waals surface area contributed by atoms with Crippen LogP contribution >= 0.6 is 0 Å². The zero-order valence-corrected chi connectivity index (χ0v) is 13.9. The lowest BCUT2D eigenvalue weighted by molar-refractivity contribution is -0.118. The van der Waals surface area contributed by atoms with Gasteiger partial charge in [-0.1, -0.05) is 36.4 Å². The molecule has 1 aromatic heterocycles. The average Bonchev–Trinajstić information content (AvgIpc) is 3.25. The van der Waals surface area contributed by atoms with Crippen LogP contribution in [0.5, 0.6) is 0 Å². The van der Waals surface area contributed by atoms with Gasteiger partial charge >= 0.3 is 0 Å². The van der Waals surface area contributed by atoms with E-state index in [9.17, 15) is 14.4 Å². The molecule has 1 saturated heterocycles. The van der Waals surface area contributed by atoms with Crippen molar-refractivity contribution in [3.63, 3.8) is 0 Å². The van der Waals surface area contributed by atoms with E-state index in [0.717, 1.165) is 11.2 Å². The largest absolute Gasteiger partial charge is 0.360 e. The van der Waals surface area contributed by atoms with Crippen molar-refractivity contribution in [1.82, 2.24) is 10.3 Å². The summed E-state index contributed by atoms with van der Waals surface area (Å²) in [6, 6.07) is 16.2. The summed E-state index contributed by atoms with van der Waals surface area (Å²) in [5.74, 6) is -1.36. The molecule has 0 saturated carbocycles. The van der Waals surface area contributed by atoms with E-state index in [1.807, 2.05) is 48.5 Å². The number of hydrogen-bond donors (Lipinski definition) is 2. The fourth-order valence-electron chi connectivity index (χ4n) is 3.29. The third-order valence-corrected chi connectivity index (χ3v) is 4.57. The van der Waals surface area contributed by atoms with Gasteiger partial charge in [0.05, 0.1) is 11.6 Å². The lowest BCUT2D eigenvalue weighted by Crippen LogP contribution is -2.40. The molecule has 2 aromatic carbocycles. The molecule has 26 heavy (non-hydrogen) atoms. The molecule has 2 heterocycles. The summed E-state index contributed by atoms with van der Waals surface area (Å²) in [5, 5.41) is 3.41. The predicted octanol–water partition coefficient (Wildman–Crippen LogP) is 2.27. The van der Waals surface area contributed by atoms with Crippen LogP contribution in [0.3, 0.4) is 0 Å². The van der Waals surface area contributed by atoms with E-state index < -0.39 is 11.7 Å². The maximum atomic E-state index is 12.5. The fraction of sp³-hybridized carbons (Fsp3) is 0.150. The molecule has 4 rings (SSSR count). The molecule has 2 N–H and O–H groups in total. The molecule has 1 aliphatic rings. The number of nitrogens with zero attached hydrogens (tertiary/aromatic N) is 1. The van der Waals surface area contributed by atoms with Crippen LogP contribution < -0.4 is 10.2 Å². The molecule has 0 unspecified atom stereocenters. The van der Waals surface area contributed by atoms with Crippen LogP contribution in [0.25, 0.3) is 10.9 Å². The van der Waals surface area contributed by atoms with Crippen LogP contribution in [-0.4, -0.2) is 35.2 Å².